The average molecular weight is 283 g/mol. The van der Waals surface area contributed by atoms with E-state index in [0.29, 0.717) is 0 Å². The van der Waals surface area contributed by atoms with Crippen LogP contribution in [-0.4, -0.2) is 12.6 Å². The second kappa shape index (κ2) is 5.41. The first-order chi connectivity index (χ1) is 10.1. The maximum absolute atomic E-state index is 6.02. The van der Waals surface area contributed by atoms with Gasteiger partial charge in [0.15, 0.2) is 11.5 Å². The highest BCUT2D eigenvalue weighted by Crippen LogP contribution is 2.43. The van der Waals surface area contributed by atoms with Crippen molar-refractivity contribution in [1.29, 1.82) is 0 Å². The summed E-state index contributed by atoms with van der Waals surface area (Å²) in [5, 5.41) is 3.14. The van der Waals surface area contributed by atoms with Crippen molar-refractivity contribution in [2.24, 2.45) is 0 Å². The molecule has 21 heavy (non-hydrogen) atoms. The van der Waals surface area contributed by atoms with Crippen LogP contribution in [0.5, 0.6) is 17.2 Å². The molecule has 110 valence electrons. The molecule has 0 aliphatic carbocycles. The molecule has 0 saturated heterocycles. The van der Waals surface area contributed by atoms with Gasteiger partial charge in [0.1, 0.15) is 11.4 Å². The summed E-state index contributed by atoms with van der Waals surface area (Å²) in [4.78, 5) is 0. The molecule has 1 aliphatic rings. The van der Waals surface area contributed by atoms with Gasteiger partial charge in [0.2, 0.25) is 0 Å². The fraction of sp³-hybridized carbons (Fsp3) is 0.333. The molecule has 3 rings (SSSR count). The van der Waals surface area contributed by atoms with Crippen LogP contribution >= 0.6 is 0 Å². The van der Waals surface area contributed by atoms with E-state index in [2.05, 4.69) is 37.4 Å². The summed E-state index contributed by atoms with van der Waals surface area (Å²) in [6, 6.07) is 14.2. The van der Waals surface area contributed by atoms with E-state index < -0.39 is 0 Å². The van der Waals surface area contributed by atoms with E-state index in [9.17, 15) is 0 Å². The van der Waals surface area contributed by atoms with E-state index in [1.165, 1.54) is 11.1 Å². The summed E-state index contributed by atoms with van der Waals surface area (Å²) in [7, 11) is 1.94. The van der Waals surface area contributed by atoms with E-state index in [1.54, 1.807) is 0 Å². The molecular weight excluding hydrogens is 262 g/mol. The molecular formula is C18H21NO2. The highest BCUT2D eigenvalue weighted by Gasteiger charge is 2.32. The lowest BCUT2D eigenvalue weighted by atomic mass is 10.0. The maximum Gasteiger partial charge on any atom is 0.169 e. The van der Waals surface area contributed by atoms with Crippen LogP contribution in [-0.2, 0) is 13.0 Å². The molecule has 1 aliphatic heterocycles. The molecule has 0 fully saturated rings. The second-order valence-corrected chi connectivity index (χ2v) is 6.06. The maximum atomic E-state index is 6.02. The molecule has 1 heterocycles. The summed E-state index contributed by atoms with van der Waals surface area (Å²) in [6.45, 7) is 5.06. The van der Waals surface area contributed by atoms with Gasteiger partial charge in [-0.05, 0) is 44.7 Å². The van der Waals surface area contributed by atoms with E-state index >= 15 is 0 Å². The number of nitrogens with one attached hydrogen (secondary N) is 1. The number of benzene rings is 2. The number of ether oxygens (including phenoxy) is 2. The summed E-state index contributed by atoms with van der Waals surface area (Å²) >= 11 is 0. The molecule has 1 N–H and O–H groups in total. The first-order valence-electron chi connectivity index (χ1n) is 7.30. The SMILES string of the molecule is CNCc1ccc(Oc2cccc3c2OC(C)(C)C3)cc1. The molecule has 3 nitrogen and oxygen atoms in total. The third kappa shape index (κ3) is 3.03. The minimum absolute atomic E-state index is 0.154. The molecule has 0 bridgehead atoms. The van der Waals surface area contributed by atoms with Gasteiger partial charge in [0.25, 0.3) is 0 Å². The Morgan fingerprint density at radius 1 is 1.14 bits per heavy atom. The Morgan fingerprint density at radius 3 is 2.62 bits per heavy atom. The van der Waals surface area contributed by atoms with Crippen molar-refractivity contribution in [3.63, 3.8) is 0 Å². The van der Waals surface area contributed by atoms with Crippen LogP contribution in [0.3, 0.4) is 0 Å². The van der Waals surface area contributed by atoms with Crippen LogP contribution in [0.15, 0.2) is 42.5 Å². The van der Waals surface area contributed by atoms with Crippen molar-refractivity contribution in [1.82, 2.24) is 5.32 Å². The smallest absolute Gasteiger partial charge is 0.169 e. The fourth-order valence-electron chi connectivity index (χ4n) is 2.67. The van der Waals surface area contributed by atoms with Crippen molar-refractivity contribution in [2.75, 3.05) is 7.05 Å². The molecule has 0 saturated carbocycles. The predicted molar refractivity (Wildman–Crippen MR) is 84.1 cm³/mol. The number of para-hydroxylation sites is 1. The largest absolute Gasteiger partial charge is 0.483 e. The zero-order valence-electron chi connectivity index (χ0n) is 12.8. The van der Waals surface area contributed by atoms with Crippen molar-refractivity contribution < 1.29 is 9.47 Å². The highest BCUT2D eigenvalue weighted by molar-refractivity contribution is 5.51. The lowest BCUT2D eigenvalue weighted by Gasteiger charge is -2.18. The van der Waals surface area contributed by atoms with Crippen LogP contribution < -0.4 is 14.8 Å². The molecule has 0 atom stereocenters. The summed E-state index contributed by atoms with van der Waals surface area (Å²) in [5.74, 6) is 2.50. The molecule has 3 heteroatoms. The highest BCUT2D eigenvalue weighted by atomic mass is 16.5. The quantitative estimate of drug-likeness (QED) is 0.922. The summed E-state index contributed by atoms with van der Waals surface area (Å²) < 4.78 is 12.0. The molecule has 2 aromatic rings. The predicted octanol–water partition coefficient (Wildman–Crippen LogP) is 3.91. The van der Waals surface area contributed by atoms with Gasteiger partial charge in [-0.25, -0.2) is 0 Å². The van der Waals surface area contributed by atoms with Gasteiger partial charge >= 0.3 is 0 Å². The van der Waals surface area contributed by atoms with Gasteiger partial charge < -0.3 is 14.8 Å². The Kier molecular flexibility index (Phi) is 3.60. The van der Waals surface area contributed by atoms with Crippen LogP contribution in [0.4, 0.5) is 0 Å². The molecule has 0 spiro atoms. The van der Waals surface area contributed by atoms with E-state index in [0.717, 1.165) is 30.2 Å². The summed E-state index contributed by atoms with van der Waals surface area (Å²) in [6.07, 6.45) is 0.917. The minimum atomic E-state index is -0.154. The van der Waals surface area contributed by atoms with Gasteiger partial charge in [-0.2, -0.15) is 0 Å². The first-order valence-corrected chi connectivity index (χ1v) is 7.30. The van der Waals surface area contributed by atoms with Crippen molar-refractivity contribution in [3.8, 4) is 17.2 Å². The monoisotopic (exact) mass is 283 g/mol. The van der Waals surface area contributed by atoms with Crippen molar-refractivity contribution >= 4 is 0 Å². The third-order valence-electron chi connectivity index (χ3n) is 3.59. The van der Waals surface area contributed by atoms with Gasteiger partial charge in [-0.1, -0.05) is 24.3 Å². The van der Waals surface area contributed by atoms with Gasteiger partial charge in [-0.15, -0.1) is 0 Å². The molecule has 0 amide bonds. The summed E-state index contributed by atoms with van der Waals surface area (Å²) in [5.41, 5.74) is 2.29. The van der Waals surface area contributed by atoms with E-state index in [4.69, 9.17) is 9.47 Å². The minimum Gasteiger partial charge on any atom is -0.483 e. The molecule has 2 aromatic carbocycles. The van der Waals surface area contributed by atoms with Crippen molar-refractivity contribution in [3.05, 3.63) is 53.6 Å². The molecule has 0 aromatic heterocycles. The Bertz CT molecular complexity index is 632. The zero-order chi connectivity index (χ0) is 14.9. The van der Waals surface area contributed by atoms with Gasteiger partial charge in [-0.3, -0.25) is 0 Å². The normalized spacial score (nSPS) is 15.4. The number of fused-ring (bicyclic) bond motifs is 1. The topological polar surface area (TPSA) is 30.5 Å². The standard InChI is InChI=1S/C18H21NO2/c1-18(2)11-14-5-4-6-16(17(14)21-18)20-15-9-7-13(8-10-15)12-19-3/h4-10,19H,11-12H2,1-3H3. The zero-order valence-corrected chi connectivity index (χ0v) is 12.8. The second-order valence-electron chi connectivity index (χ2n) is 6.06. The van der Waals surface area contributed by atoms with Crippen LogP contribution in [0.2, 0.25) is 0 Å². The lowest BCUT2D eigenvalue weighted by Crippen LogP contribution is -2.24. The lowest BCUT2D eigenvalue weighted by molar-refractivity contribution is 0.135. The third-order valence-corrected chi connectivity index (χ3v) is 3.59. The number of hydrogen-bond donors (Lipinski definition) is 1. The van der Waals surface area contributed by atoms with Gasteiger partial charge in [0, 0.05) is 18.5 Å². The molecule has 0 unspecified atom stereocenters. The number of hydrogen-bond acceptors (Lipinski definition) is 3. The fourth-order valence-corrected chi connectivity index (χ4v) is 2.67. The first kappa shape index (κ1) is 14.0. The van der Waals surface area contributed by atoms with Crippen LogP contribution in [0.1, 0.15) is 25.0 Å². The van der Waals surface area contributed by atoms with E-state index in [-0.39, 0.29) is 5.60 Å². The Morgan fingerprint density at radius 2 is 1.90 bits per heavy atom. The van der Waals surface area contributed by atoms with E-state index in [1.807, 2.05) is 31.3 Å². The average Bonchev–Trinajstić information content (AvgIpc) is 2.76. The molecule has 0 radical (unpaired) electrons. The Balaban J connectivity index is 1.82. The Hall–Kier alpha value is -2.00. The van der Waals surface area contributed by atoms with Gasteiger partial charge in [0.05, 0.1) is 0 Å². The Labute approximate surface area is 125 Å². The van der Waals surface area contributed by atoms with Crippen LogP contribution in [0, 0.1) is 0 Å². The van der Waals surface area contributed by atoms with Crippen LogP contribution in [0.25, 0.3) is 0 Å². The van der Waals surface area contributed by atoms with Crippen molar-refractivity contribution in [2.45, 2.75) is 32.4 Å². The number of rotatable bonds is 4.